The Kier molecular flexibility index (Phi) is 6.79. The van der Waals surface area contributed by atoms with Crippen molar-refractivity contribution in [3.63, 3.8) is 0 Å². The molecule has 0 bridgehead atoms. The van der Waals surface area contributed by atoms with Gasteiger partial charge >= 0.3 is 6.03 Å². The van der Waals surface area contributed by atoms with Gasteiger partial charge in [-0.15, -0.1) is 0 Å². The van der Waals surface area contributed by atoms with Gasteiger partial charge in [-0.1, -0.05) is 26.2 Å². The topological polar surface area (TPSA) is 61.4 Å². The van der Waals surface area contributed by atoms with Crippen LogP contribution in [0.1, 0.15) is 49.4 Å². The van der Waals surface area contributed by atoms with Crippen molar-refractivity contribution in [2.75, 3.05) is 26.0 Å². The van der Waals surface area contributed by atoms with Gasteiger partial charge in [0.05, 0.1) is 0 Å². The predicted octanol–water partition coefficient (Wildman–Crippen LogP) is 3.87. The number of nitrogens with one attached hydrogen (secondary N) is 2. The minimum Gasteiger partial charge on any atom is -0.345 e. The van der Waals surface area contributed by atoms with Crippen LogP contribution in [0.4, 0.5) is 14.9 Å². The second-order valence-corrected chi connectivity index (χ2v) is 7.24. The van der Waals surface area contributed by atoms with Gasteiger partial charge in [0.1, 0.15) is 5.82 Å². The Morgan fingerprint density at radius 1 is 1.24 bits per heavy atom. The molecule has 2 N–H and O–H groups in total. The zero-order valence-electron chi connectivity index (χ0n) is 15.3. The summed E-state index contributed by atoms with van der Waals surface area (Å²) in [7, 11) is 3.19. The average molecular weight is 349 g/mol. The van der Waals surface area contributed by atoms with Crippen LogP contribution >= 0.6 is 0 Å². The number of rotatable bonds is 5. The van der Waals surface area contributed by atoms with Crippen LogP contribution in [0.5, 0.6) is 0 Å². The van der Waals surface area contributed by atoms with Crippen LogP contribution in [0.25, 0.3) is 0 Å². The summed E-state index contributed by atoms with van der Waals surface area (Å²) in [6.45, 7) is 2.88. The molecule has 2 atom stereocenters. The highest BCUT2D eigenvalue weighted by molar-refractivity contribution is 5.96. The van der Waals surface area contributed by atoms with Gasteiger partial charge in [0.15, 0.2) is 0 Å². The van der Waals surface area contributed by atoms with Crippen molar-refractivity contribution in [2.45, 2.75) is 39.0 Å². The first-order valence-electron chi connectivity index (χ1n) is 8.92. The molecule has 0 aromatic heterocycles. The molecule has 1 aromatic carbocycles. The Morgan fingerprint density at radius 3 is 2.68 bits per heavy atom. The smallest absolute Gasteiger partial charge is 0.319 e. The zero-order chi connectivity index (χ0) is 18.4. The lowest BCUT2D eigenvalue weighted by atomic mass is 9.81. The number of halogens is 1. The van der Waals surface area contributed by atoms with Gasteiger partial charge in [0.25, 0.3) is 5.91 Å². The van der Waals surface area contributed by atoms with Gasteiger partial charge in [0, 0.05) is 31.9 Å². The molecule has 0 heterocycles. The molecule has 2 unspecified atom stereocenters. The molecule has 5 nitrogen and oxygen atoms in total. The molecule has 0 saturated heterocycles. The third-order valence-corrected chi connectivity index (χ3v) is 4.69. The summed E-state index contributed by atoms with van der Waals surface area (Å²) >= 11 is 0. The number of anilines is 1. The number of hydrogen-bond donors (Lipinski definition) is 2. The maximum atomic E-state index is 13.7. The van der Waals surface area contributed by atoms with Crippen molar-refractivity contribution < 1.29 is 14.0 Å². The summed E-state index contributed by atoms with van der Waals surface area (Å²) in [6.07, 6.45) is 5.99. The van der Waals surface area contributed by atoms with E-state index < -0.39 is 5.82 Å². The molecule has 0 spiro atoms. The number of benzene rings is 1. The minimum atomic E-state index is -0.556. The van der Waals surface area contributed by atoms with Crippen LogP contribution in [0.3, 0.4) is 0 Å². The quantitative estimate of drug-likeness (QED) is 0.848. The lowest BCUT2D eigenvalue weighted by molar-refractivity contribution is 0.0827. The van der Waals surface area contributed by atoms with Crippen molar-refractivity contribution in [3.05, 3.63) is 29.6 Å². The maximum Gasteiger partial charge on any atom is 0.319 e. The molecule has 0 aliphatic heterocycles. The average Bonchev–Trinajstić information content (AvgIpc) is 2.53. The monoisotopic (exact) mass is 349 g/mol. The van der Waals surface area contributed by atoms with E-state index in [9.17, 15) is 14.0 Å². The lowest BCUT2D eigenvalue weighted by Gasteiger charge is -2.26. The van der Waals surface area contributed by atoms with E-state index in [1.165, 1.54) is 42.7 Å². The molecule has 1 aliphatic carbocycles. The fraction of sp³-hybridized carbons (Fsp3) is 0.579. The molecule has 1 saturated carbocycles. The van der Waals surface area contributed by atoms with E-state index in [1.54, 1.807) is 14.1 Å². The molecular formula is C19H28FN3O2. The first-order chi connectivity index (χ1) is 11.8. The second kappa shape index (κ2) is 8.83. The highest BCUT2D eigenvalue weighted by atomic mass is 19.1. The summed E-state index contributed by atoms with van der Waals surface area (Å²) < 4.78 is 13.7. The van der Waals surface area contributed by atoms with Gasteiger partial charge < -0.3 is 15.5 Å². The molecule has 3 amide bonds. The first kappa shape index (κ1) is 19.2. The Morgan fingerprint density at radius 2 is 2.00 bits per heavy atom. The Bertz CT molecular complexity index is 619. The molecule has 138 valence electrons. The predicted molar refractivity (Wildman–Crippen MR) is 97.2 cm³/mol. The van der Waals surface area contributed by atoms with E-state index in [1.807, 2.05) is 0 Å². The second-order valence-electron chi connectivity index (χ2n) is 7.24. The molecular weight excluding hydrogens is 321 g/mol. The molecule has 1 aromatic rings. The molecule has 0 radical (unpaired) electrons. The number of nitrogens with zero attached hydrogens (tertiary/aromatic N) is 1. The summed E-state index contributed by atoms with van der Waals surface area (Å²) in [6, 6.07) is 3.47. The van der Waals surface area contributed by atoms with E-state index in [4.69, 9.17) is 0 Å². The third-order valence-electron chi connectivity index (χ3n) is 4.69. The van der Waals surface area contributed by atoms with Crippen LogP contribution in [-0.2, 0) is 0 Å². The van der Waals surface area contributed by atoms with E-state index in [2.05, 4.69) is 17.6 Å². The van der Waals surface area contributed by atoms with Gasteiger partial charge in [-0.2, -0.15) is 0 Å². The molecule has 25 heavy (non-hydrogen) atoms. The van der Waals surface area contributed by atoms with Crippen LogP contribution in [-0.4, -0.2) is 37.5 Å². The van der Waals surface area contributed by atoms with Gasteiger partial charge in [-0.05, 0) is 42.9 Å². The van der Waals surface area contributed by atoms with Gasteiger partial charge in [0.2, 0.25) is 0 Å². The molecule has 2 rings (SSSR count). The number of hydrogen-bond acceptors (Lipinski definition) is 2. The first-order valence-corrected chi connectivity index (χ1v) is 8.92. The Balaban J connectivity index is 1.84. The van der Waals surface area contributed by atoms with E-state index in [0.29, 0.717) is 12.5 Å². The highest BCUT2D eigenvalue weighted by Gasteiger charge is 2.18. The van der Waals surface area contributed by atoms with E-state index >= 15 is 0 Å². The number of amides is 3. The lowest BCUT2D eigenvalue weighted by Crippen LogP contribution is -2.31. The SMILES string of the molecule is CC1CCCC(CCNC(=O)Nc2cc(F)cc(C(=O)N(C)C)c2)C1. The van der Waals surface area contributed by atoms with Crippen molar-refractivity contribution in [2.24, 2.45) is 11.8 Å². The van der Waals surface area contributed by atoms with Crippen LogP contribution in [0.2, 0.25) is 0 Å². The molecule has 6 heteroatoms. The summed E-state index contributed by atoms with van der Waals surface area (Å²) in [5.74, 6) is 0.573. The fourth-order valence-corrected chi connectivity index (χ4v) is 3.43. The van der Waals surface area contributed by atoms with Gasteiger partial charge in [-0.3, -0.25) is 4.79 Å². The number of carbonyl (C=O) groups excluding carboxylic acids is 2. The van der Waals surface area contributed by atoms with Gasteiger partial charge in [-0.25, -0.2) is 9.18 Å². The van der Waals surface area contributed by atoms with Crippen LogP contribution < -0.4 is 10.6 Å². The van der Waals surface area contributed by atoms with E-state index in [0.717, 1.165) is 18.4 Å². The summed E-state index contributed by atoms with van der Waals surface area (Å²) in [4.78, 5) is 25.3. The highest BCUT2D eigenvalue weighted by Crippen LogP contribution is 2.30. The zero-order valence-corrected chi connectivity index (χ0v) is 15.3. The summed E-state index contributed by atoms with van der Waals surface area (Å²) in [5.41, 5.74) is 0.477. The normalized spacial score (nSPS) is 20.0. The van der Waals surface area contributed by atoms with Crippen LogP contribution in [0, 0.1) is 17.7 Å². The van der Waals surface area contributed by atoms with Crippen molar-refractivity contribution in [3.8, 4) is 0 Å². The van der Waals surface area contributed by atoms with Crippen molar-refractivity contribution >= 4 is 17.6 Å². The van der Waals surface area contributed by atoms with E-state index in [-0.39, 0.29) is 23.2 Å². The standard InChI is InChI=1S/C19H28FN3O2/c1-13-5-4-6-14(9-13)7-8-21-19(25)22-17-11-15(10-16(20)12-17)18(24)23(2)3/h10-14H,4-9H2,1-3H3,(H2,21,22,25). The summed E-state index contributed by atoms with van der Waals surface area (Å²) in [5, 5.41) is 5.42. The Hall–Kier alpha value is -2.11. The van der Waals surface area contributed by atoms with Crippen molar-refractivity contribution in [1.82, 2.24) is 10.2 Å². The largest absolute Gasteiger partial charge is 0.345 e. The number of urea groups is 1. The Labute approximate surface area is 149 Å². The fourth-order valence-electron chi connectivity index (χ4n) is 3.43. The molecule has 1 fully saturated rings. The van der Waals surface area contributed by atoms with Crippen LogP contribution in [0.15, 0.2) is 18.2 Å². The molecule has 1 aliphatic rings. The minimum absolute atomic E-state index is 0.205. The third kappa shape index (κ3) is 6.03. The number of carbonyl (C=O) groups is 2. The van der Waals surface area contributed by atoms with Crippen molar-refractivity contribution in [1.29, 1.82) is 0 Å². The maximum absolute atomic E-state index is 13.7.